The fourth-order valence-corrected chi connectivity index (χ4v) is 11.5. The molecule has 12 rings (SSSR count). The summed E-state index contributed by atoms with van der Waals surface area (Å²) in [6.07, 6.45) is 0. The molecule has 0 aliphatic rings. The molecule has 0 spiro atoms. The molecule has 2 heterocycles. The summed E-state index contributed by atoms with van der Waals surface area (Å²) in [4.78, 5) is 2.50. The summed E-state index contributed by atoms with van der Waals surface area (Å²) in [6, 6.07) is 78.3. The lowest BCUT2D eigenvalue weighted by molar-refractivity contribution is 1.30. The molecular formula is C56H35NS2. The second-order valence-electron chi connectivity index (χ2n) is 15.2. The maximum atomic E-state index is 2.50. The van der Waals surface area contributed by atoms with Gasteiger partial charge in [0, 0.05) is 62.7 Å². The molecule has 0 N–H and O–H groups in total. The van der Waals surface area contributed by atoms with Crippen LogP contribution in [0.3, 0.4) is 0 Å². The van der Waals surface area contributed by atoms with E-state index in [1.54, 1.807) is 0 Å². The first-order valence-corrected chi connectivity index (χ1v) is 21.7. The van der Waals surface area contributed by atoms with Gasteiger partial charge in [-0.1, -0.05) is 170 Å². The largest absolute Gasteiger partial charge is 0.309 e. The Morgan fingerprint density at radius 2 is 0.847 bits per heavy atom. The normalized spacial score (nSPS) is 11.7. The SMILES string of the molecule is c1ccc(-c2c(N(c3ccc(-c4ccc5c(c4)sc4ccccc45)cc3)c3cccc(-c4cccc5c4sc4ccccc45)c3)c3ccccc3c3ccccc23)cc1. The molecule has 10 aromatic carbocycles. The Labute approximate surface area is 350 Å². The number of rotatable bonds is 6. The molecule has 0 radical (unpaired) electrons. The molecule has 12 aromatic rings. The van der Waals surface area contributed by atoms with E-state index in [1.807, 2.05) is 22.7 Å². The van der Waals surface area contributed by atoms with Crippen LogP contribution in [0.15, 0.2) is 212 Å². The van der Waals surface area contributed by atoms with Crippen molar-refractivity contribution in [1.29, 1.82) is 0 Å². The zero-order valence-electron chi connectivity index (χ0n) is 32.0. The Balaban J connectivity index is 1.10. The van der Waals surface area contributed by atoms with Gasteiger partial charge in [0.05, 0.1) is 5.69 Å². The molecule has 0 amide bonds. The summed E-state index contributed by atoms with van der Waals surface area (Å²) in [5.74, 6) is 0. The lowest BCUT2D eigenvalue weighted by Crippen LogP contribution is -2.12. The van der Waals surface area contributed by atoms with Crippen molar-refractivity contribution in [2.24, 2.45) is 0 Å². The first-order chi connectivity index (χ1) is 29.3. The summed E-state index contributed by atoms with van der Waals surface area (Å²) in [5.41, 5.74) is 10.7. The highest BCUT2D eigenvalue weighted by Gasteiger charge is 2.24. The lowest BCUT2D eigenvalue weighted by Gasteiger charge is -2.31. The molecule has 0 atom stereocenters. The molecule has 0 bridgehead atoms. The van der Waals surface area contributed by atoms with Gasteiger partial charge in [0.15, 0.2) is 0 Å². The van der Waals surface area contributed by atoms with Crippen molar-refractivity contribution < 1.29 is 0 Å². The van der Waals surface area contributed by atoms with Crippen molar-refractivity contribution >= 4 is 102 Å². The summed E-state index contributed by atoms with van der Waals surface area (Å²) < 4.78 is 5.27. The third kappa shape index (κ3) is 5.58. The van der Waals surface area contributed by atoms with Gasteiger partial charge in [-0.3, -0.25) is 0 Å². The van der Waals surface area contributed by atoms with Crippen LogP contribution in [0.2, 0.25) is 0 Å². The Kier molecular flexibility index (Phi) is 7.97. The zero-order valence-corrected chi connectivity index (χ0v) is 33.6. The summed E-state index contributed by atoms with van der Waals surface area (Å²) in [6.45, 7) is 0. The monoisotopic (exact) mass is 785 g/mol. The molecule has 0 saturated heterocycles. The number of hydrogen-bond donors (Lipinski definition) is 0. The van der Waals surface area contributed by atoms with E-state index in [1.165, 1.54) is 101 Å². The minimum Gasteiger partial charge on any atom is -0.309 e. The van der Waals surface area contributed by atoms with Gasteiger partial charge in [-0.2, -0.15) is 0 Å². The van der Waals surface area contributed by atoms with Crippen LogP contribution in [-0.2, 0) is 0 Å². The highest BCUT2D eigenvalue weighted by atomic mass is 32.1. The average molecular weight is 786 g/mol. The maximum absolute atomic E-state index is 2.50. The van der Waals surface area contributed by atoms with Crippen molar-refractivity contribution in [3.63, 3.8) is 0 Å². The highest BCUT2D eigenvalue weighted by molar-refractivity contribution is 7.26. The maximum Gasteiger partial charge on any atom is 0.0624 e. The molecule has 3 heteroatoms. The Morgan fingerprint density at radius 1 is 0.288 bits per heavy atom. The number of nitrogens with zero attached hydrogens (tertiary/aromatic N) is 1. The Hall–Kier alpha value is -7.04. The van der Waals surface area contributed by atoms with E-state index in [2.05, 4.69) is 217 Å². The van der Waals surface area contributed by atoms with E-state index in [0.29, 0.717) is 0 Å². The summed E-state index contributed by atoms with van der Waals surface area (Å²) >= 11 is 3.75. The van der Waals surface area contributed by atoms with Crippen LogP contribution in [0, 0.1) is 0 Å². The quantitative estimate of drug-likeness (QED) is 0.152. The molecule has 276 valence electrons. The molecule has 0 fully saturated rings. The van der Waals surface area contributed by atoms with Gasteiger partial charge < -0.3 is 4.90 Å². The first kappa shape index (κ1) is 34.0. The van der Waals surface area contributed by atoms with Crippen molar-refractivity contribution in [2.45, 2.75) is 0 Å². The Morgan fingerprint density at radius 3 is 1.63 bits per heavy atom. The van der Waals surface area contributed by atoms with Crippen LogP contribution in [0.1, 0.15) is 0 Å². The minimum absolute atomic E-state index is 1.10. The van der Waals surface area contributed by atoms with Crippen molar-refractivity contribution in [3.05, 3.63) is 212 Å². The smallest absolute Gasteiger partial charge is 0.0624 e. The number of fused-ring (bicyclic) bond motifs is 9. The van der Waals surface area contributed by atoms with Crippen molar-refractivity contribution in [2.75, 3.05) is 4.90 Å². The fraction of sp³-hybridized carbons (Fsp3) is 0. The number of thiophene rings is 2. The fourth-order valence-electron chi connectivity index (χ4n) is 9.15. The van der Waals surface area contributed by atoms with Crippen LogP contribution in [0.4, 0.5) is 17.1 Å². The van der Waals surface area contributed by atoms with Gasteiger partial charge in [-0.05, 0) is 86.4 Å². The predicted molar refractivity (Wildman–Crippen MR) is 258 cm³/mol. The van der Waals surface area contributed by atoms with Crippen LogP contribution in [0.5, 0.6) is 0 Å². The van der Waals surface area contributed by atoms with Crippen LogP contribution < -0.4 is 4.90 Å². The topological polar surface area (TPSA) is 3.24 Å². The van der Waals surface area contributed by atoms with E-state index in [9.17, 15) is 0 Å². The van der Waals surface area contributed by atoms with Gasteiger partial charge in [0.1, 0.15) is 0 Å². The van der Waals surface area contributed by atoms with E-state index in [-0.39, 0.29) is 0 Å². The molecule has 0 aliphatic heterocycles. The van der Waals surface area contributed by atoms with Crippen LogP contribution >= 0.6 is 22.7 Å². The predicted octanol–water partition coefficient (Wildman–Crippen LogP) is 17.2. The molecule has 0 saturated carbocycles. The highest BCUT2D eigenvalue weighted by Crippen LogP contribution is 2.50. The standard InChI is InChI=1S/C56H35NS2/c1-2-14-37(15-3-1)54-48-22-6-4-18-43(48)44-19-5-7-23-49(44)55(54)57(40-31-28-36(29-32-40)38-30-33-47-45-20-8-10-26-51(45)58-53(47)35-38)41-17-12-16-39(34-41)42-24-13-25-50-46-21-9-11-27-52(46)59-56(42)50/h1-35H. The van der Waals surface area contributed by atoms with Gasteiger partial charge in [0.2, 0.25) is 0 Å². The molecular weight excluding hydrogens is 751 g/mol. The molecule has 0 unspecified atom stereocenters. The van der Waals surface area contributed by atoms with E-state index in [4.69, 9.17) is 0 Å². The lowest BCUT2D eigenvalue weighted by atomic mass is 9.90. The van der Waals surface area contributed by atoms with Crippen LogP contribution in [0.25, 0.3) is 95.3 Å². The molecule has 59 heavy (non-hydrogen) atoms. The van der Waals surface area contributed by atoms with E-state index in [0.717, 1.165) is 11.4 Å². The van der Waals surface area contributed by atoms with Gasteiger partial charge >= 0.3 is 0 Å². The zero-order chi connectivity index (χ0) is 38.9. The van der Waals surface area contributed by atoms with Gasteiger partial charge in [0.25, 0.3) is 0 Å². The van der Waals surface area contributed by atoms with E-state index >= 15 is 0 Å². The number of hydrogen-bond acceptors (Lipinski definition) is 3. The Bertz CT molecular complexity index is 3560. The van der Waals surface area contributed by atoms with Crippen molar-refractivity contribution in [3.8, 4) is 33.4 Å². The third-order valence-corrected chi connectivity index (χ3v) is 14.2. The number of anilines is 3. The van der Waals surface area contributed by atoms with Gasteiger partial charge in [-0.25, -0.2) is 0 Å². The molecule has 1 nitrogen and oxygen atoms in total. The summed E-state index contributed by atoms with van der Waals surface area (Å²) in [7, 11) is 0. The van der Waals surface area contributed by atoms with Gasteiger partial charge in [-0.15, -0.1) is 22.7 Å². The second kappa shape index (κ2) is 13.8. The second-order valence-corrected chi connectivity index (χ2v) is 17.3. The molecule has 2 aromatic heterocycles. The minimum atomic E-state index is 1.10. The molecule has 0 aliphatic carbocycles. The number of benzene rings is 10. The third-order valence-electron chi connectivity index (χ3n) is 11.8. The van der Waals surface area contributed by atoms with E-state index < -0.39 is 0 Å². The average Bonchev–Trinajstić information content (AvgIpc) is 3.88. The van der Waals surface area contributed by atoms with Crippen LogP contribution in [-0.4, -0.2) is 0 Å². The first-order valence-electron chi connectivity index (χ1n) is 20.1. The summed E-state index contributed by atoms with van der Waals surface area (Å²) in [5, 5.41) is 10.2. The van der Waals surface area contributed by atoms with Crippen molar-refractivity contribution in [1.82, 2.24) is 0 Å².